The van der Waals surface area contributed by atoms with Crippen molar-refractivity contribution in [2.45, 2.75) is 51.9 Å². The Morgan fingerprint density at radius 2 is 2.19 bits per heavy atom. The molecular weight excluding hydrogens is 220 g/mol. The number of nitrogens with one attached hydrogen (secondary N) is 1. The number of nitrogens with zero attached hydrogens (tertiary/aromatic N) is 1. The average Bonchev–Trinajstić information content (AvgIpc) is 2.48. The molecule has 0 aliphatic heterocycles. The van der Waals surface area contributed by atoms with Gasteiger partial charge >= 0.3 is 0 Å². The van der Waals surface area contributed by atoms with E-state index >= 15 is 0 Å². The molecule has 0 unspecified atom stereocenters. The van der Waals surface area contributed by atoms with Crippen LogP contribution in [0.25, 0.3) is 0 Å². The van der Waals surface area contributed by atoms with Gasteiger partial charge in [0.1, 0.15) is 0 Å². The van der Waals surface area contributed by atoms with Crippen molar-refractivity contribution in [2.24, 2.45) is 5.92 Å². The summed E-state index contributed by atoms with van der Waals surface area (Å²) in [5.74, 6) is 2.07. The molecule has 0 radical (unpaired) electrons. The second-order valence-corrected chi connectivity index (χ2v) is 5.61. The summed E-state index contributed by atoms with van der Waals surface area (Å²) in [5.41, 5.74) is 4.04. The van der Waals surface area contributed by atoms with Crippen molar-refractivity contribution in [3.63, 3.8) is 0 Å². The van der Waals surface area contributed by atoms with E-state index in [1.165, 1.54) is 36.2 Å². The molecule has 1 aromatic rings. The Kier molecular flexibility index (Phi) is 3.91. The fourth-order valence-corrected chi connectivity index (χ4v) is 2.58. The molecule has 1 fully saturated rings. The Hall–Kier alpha value is -0.500. The SMILES string of the molecule is CC(C)Cc1[nH]nc(C2CCC2)c1CCCl. The minimum atomic E-state index is 0.670. The highest BCUT2D eigenvalue weighted by Crippen LogP contribution is 2.38. The normalized spacial score (nSPS) is 16.8. The van der Waals surface area contributed by atoms with Gasteiger partial charge in [-0.05, 0) is 37.2 Å². The first-order chi connectivity index (χ1) is 7.72. The summed E-state index contributed by atoms with van der Waals surface area (Å²) in [6, 6.07) is 0. The Bertz CT molecular complexity index is 340. The number of hydrogen-bond acceptors (Lipinski definition) is 1. The summed E-state index contributed by atoms with van der Waals surface area (Å²) in [6.07, 6.45) is 6.03. The van der Waals surface area contributed by atoms with E-state index in [1.807, 2.05) is 0 Å². The zero-order valence-corrected chi connectivity index (χ0v) is 11.0. The first-order valence-corrected chi connectivity index (χ1v) is 6.87. The van der Waals surface area contributed by atoms with Crippen molar-refractivity contribution in [2.75, 3.05) is 5.88 Å². The largest absolute Gasteiger partial charge is 0.282 e. The van der Waals surface area contributed by atoms with Gasteiger partial charge in [-0.1, -0.05) is 20.3 Å². The molecule has 1 heterocycles. The number of alkyl halides is 1. The number of aromatic amines is 1. The summed E-state index contributed by atoms with van der Waals surface area (Å²) in [7, 11) is 0. The van der Waals surface area contributed by atoms with Gasteiger partial charge in [0, 0.05) is 17.5 Å². The van der Waals surface area contributed by atoms with Crippen LogP contribution in [0.2, 0.25) is 0 Å². The van der Waals surface area contributed by atoms with Crippen LogP contribution in [0.15, 0.2) is 0 Å². The molecule has 0 saturated heterocycles. The first-order valence-electron chi connectivity index (χ1n) is 6.34. The molecule has 0 amide bonds. The molecule has 1 aliphatic carbocycles. The van der Waals surface area contributed by atoms with Gasteiger partial charge < -0.3 is 0 Å². The maximum atomic E-state index is 5.90. The highest BCUT2D eigenvalue weighted by atomic mass is 35.5. The lowest BCUT2D eigenvalue weighted by molar-refractivity contribution is 0.408. The van der Waals surface area contributed by atoms with E-state index < -0.39 is 0 Å². The van der Waals surface area contributed by atoms with Crippen LogP contribution in [0, 0.1) is 5.92 Å². The monoisotopic (exact) mass is 240 g/mol. The van der Waals surface area contributed by atoms with Crippen LogP contribution in [-0.4, -0.2) is 16.1 Å². The second kappa shape index (κ2) is 5.22. The van der Waals surface area contributed by atoms with Crippen molar-refractivity contribution < 1.29 is 0 Å². The van der Waals surface area contributed by atoms with Gasteiger partial charge in [-0.25, -0.2) is 0 Å². The summed E-state index contributed by atoms with van der Waals surface area (Å²) < 4.78 is 0. The Balaban J connectivity index is 2.19. The smallest absolute Gasteiger partial charge is 0.0688 e. The van der Waals surface area contributed by atoms with E-state index in [0.717, 1.165) is 12.8 Å². The quantitative estimate of drug-likeness (QED) is 0.782. The Labute approximate surface area is 103 Å². The van der Waals surface area contributed by atoms with E-state index in [1.54, 1.807) is 0 Å². The van der Waals surface area contributed by atoms with Gasteiger partial charge in [-0.3, -0.25) is 5.10 Å². The van der Waals surface area contributed by atoms with E-state index in [0.29, 0.717) is 17.7 Å². The van der Waals surface area contributed by atoms with Crippen LogP contribution in [0.5, 0.6) is 0 Å². The number of aromatic nitrogens is 2. The summed E-state index contributed by atoms with van der Waals surface area (Å²) in [4.78, 5) is 0. The zero-order valence-electron chi connectivity index (χ0n) is 10.2. The number of rotatable bonds is 5. The number of hydrogen-bond donors (Lipinski definition) is 1. The molecule has 0 bridgehead atoms. The molecule has 16 heavy (non-hydrogen) atoms. The molecule has 0 spiro atoms. The third kappa shape index (κ3) is 2.42. The van der Waals surface area contributed by atoms with Crippen LogP contribution in [-0.2, 0) is 12.8 Å². The van der Waals surface area contributed by atoms with Gasteiger partial charge in [-0.15, -0.1) is 11.6 Å². The molecule has 1 aromatic heterocycles. The molecule has 1 aliphatic rings. The number of H-pyrrole nitrogens is 1. The molecule has 0 aromatic carbocycles. The molecular formula is C13H21ClN2. The summed E-state index contributed by atoms with van der Waals surface area (Å²) in [6.45, 7) is 4.49. The third-order valence-corrected chi connectivity index (χ3v) is 3.62. The average molecular weight is 241 g/mol. The van der Waals surface area contributed by atoms with Crippen LogP contribution in [0.1, 0.15) is 56.0 Å². The van der Waals surface area contributed by atoms with E-state index in [-0.39, 0.29) is 0 Å². The highest BCUT2D eigenvalue weighted by Gasteiger charge is 2.26. The van der Waals surface area contributed by atoms with Crippen molar-refractivity contribution >= 4 is 11.6 Å². The second-order valence-electron chi connectivity index (χ2n) is 5.23. The minimum absolute atomic E-state index is 0.670. The predicted octanol–water partition coefficient (Wildman–Crippen LogP) is 3.66. The molecule has 0 atom stereocenters. The lowest BCUT2D eigenvalue weighted by atomic mass is 9.80. The fraction of sp³-hybridized carbons (Fsp3) is 0.769. The van der Waals surface area contributed by atoms with Gasteiger partial charge in [0.25, 0.3) is 0 Å². The molecule has 2 rings (SSSR count). The van der Waals surface area contributed by atoms with Crippen molar-refractivity contribution in [1.29, 1.82) is 0 Å². The van der Waals surface area contributed by atoms with Gasteiger partial charge in [-0.2, -0.15) is 5.10 Å². The predicted molar refractivity (Wildman–Crippen MR) is 68.1 cm³/mol. The summed E-state index contributed by atoms with van der Waals surface area (Å²) in [5, 5.41) is 7.76. The van der Waals surface area contributed by atoms with Gasteiger partial charge in [0.15, 0.2) is 0 Å². The van der Waals surface area contributed by atoms with E-state index in [2.05, 4.69) is 24.0 Å². The zero-order chi connectivity index (χ0) is 11.5. The molecule has 2 nitrogen and oxygen atoms in total. The van der Waals surface area contributed by atoms with Crippen LogP contribution in [0.3, 0.4) is 0 Å². The number of halogens is 1. The standard InChI is InChI=1S/C13H21ClN2/c1-9(2)8-12-11(6-7-14)13(16-15-12)10-4-3-5-10/h9-10H,3-8H2,1-2H3,(H,15,16). The van der Waals surface area contributed by atoms with Crippen LogP contribution in [0.4, 0.5) is 0 Å². The van der Waals surface area contributed by atoms with Crippen molar-refractivity contribution in [3.8, 4) is 0 Å². The Morgan fingerprint density at radius 3 is 2.69 bits per heavy atom. The van der Waals surface area contributed by atoms with Gasteiger partial charge in [0.05, 0.1) is 5.69 Å². The lowest BCUT2D eigenvalue weighted by Gasteiger charge is -2.24. The fourth-order valence-electron chi connectivity index (χ4n) is 2.39. The maximum absolute atomic E-state index is 5.90. The van der Waals surface area contributed by atoms with E-state index in [4.69, 9.17) is 11.6 Å². The maximum Gasteiger partial charge on any atom is 0.0688 e. The van der Waals surface area contributed by atoms with Crippen molar-refractivity contribution in [1.82, 2.24) is 10.2 Å². The molecule has 3 heteroatoms. The van der Waals surface area contributed by atoms with Gasteiger partial charge in [0.2, 0.25) is 0 Å². The highest BCUT2D eigenvalue weighted by molar-refractivity contribution is 6.18. The first kappa shape index (κ1) is 12.0. The van der Waals surface area contributed by atoms with Crippen LogP contribution >= 0.6 is 11.6 Å². The minimum Gasteiger partial charge on any atom is -0.282 e. The molecule has 1 saturated carbocycles. The van der Waals surface area contributed by atoms with Crippen molar-refractivity contribution in [3.05, 3.63) is 17.0 Å². The van der Waals surface area contributed by atoms with Crippen LogP contribution < -0.4 is 0 Å². The van der Waals surface area contributed by atoms with E-state index in [9.17, 15) is 0 Å². The molecule has 90 valence electrons. The topological polar surface area (TPSA) is 28.7 Å². The third-order valence-electron chi connectivity index (χ3n) is 3.43. The lowest BCUT2D eigenvalue weighted by Crippen LogP contribution is -2.12. The summed E-state index contributed by atoms with van der Waals surface area (Å²) >= 11 is 5.90. The molecule has 1 N–H and O–H groups in total. The Morgan fingerprint density at radius 1 is 1.44 bits per heavy atom.